The Kier molecular flexibility index (Phi) is 6.04. The number of nitrogens with one attached hydrogen (secondary N) is 2. The fourth-order valence-electron chi connectivity index (χ4n) is 3.45. The number of carbonyl (C=O) groups excluding carboxylic acids is 2. The molecule has 2 saturated heterocycles. The summed E-state index contributed by atoms with van der Waals surface area (Å²) < 4.78 is 5.36. The molecule has 0 saturated carbocycles. The van der Waals surface area contributed by atoms with E-state index in [1.165, 1.54) is 6.42 Å². The number of anilines is 1. The van der Waals surface area contributed by atoms with Gasteiger partial charge in [-0.15, -0.1) is 0 Å². The third-order valence-corrected chi connectivity index (χ3v) is 4.91. The molecular weight excluding hydrogens is 318 g/mol. The van der Waals surface area contributed by atoms with Crippen LogP contribution in [0.15, 0.2) is 24.3 Å². The molecule has 2 unspecified atom stereocenters. The second kappa shape index (κ2) is 8.45. The predicted molar refractivity (Wildman–Crippen MR) is 96.6 cm³/mol. The number of benzene rings is 1. The van der Waals surface area contributed by atoms with Crippen LogP contribution in [0.2, 0.25) is 0 Å². The monoisotopic (exact) mass is 345 g/mol. The molecule has 2 aliphatic rings. The molecule has 25 heavy (non-hydrogen) atoms. The molecular formula is C19H27N3O3. The van der Waals surface area contributed by atoms with E-state index in [9.17, 15) is 9.59 Å². The van der Waals surface area contributed by atoms with Crippen LogP contribution >= 0.6 is 0 Å². The Morgan fingerprint density at radius 3 is 2.76 bits per heavy atom. The van der Waals surface area contributed by atoms with E-state index < -0.39 is 0 Å². The van der Waals surface area contributed by atoms with E-state index in [1.807, 2.05) is 4.90 Å². The van der Waals surface area contributed by atoms with Crippen LogP contribution in [0, 0.1) is 0 Å². The summed E-state index contributed by atoms with van der Waals surface area (Å²) in [6.07, 6.45) is 3.71. The first-order chi connectivity index (χ1) is 12.1. The molecule has 1 aromatic rings. The van der Waals surface area contributed by atoms with E-state index in [0.29, 0.717) is 36.9 Å². The lowest BCUT2D eigenvalue weighted by Crippen LogP contribution is -2.43. The highest BCUT2D eigenvalue weighted by molar-refractivity contribution is 5.96. The number of amides is 2. The Labute approximate surface area is 148 Å². The zero-order valence-corrected chi connectivity index (χ0v) is 14.8. The smallest absolute Gasteiger partial charge is 0.254 e. The number of ether oxygens (including phenoxy) is 1. The second-order valence-corrected chi connectivity index (χ2v) is 6.90. The highest BCUT2D eigenvalue weighted by Gasteiger charge is 2.24. The van der Waals surface area contributed by atoms with E-state index in [1.54, 1.807) is 24.3 Å². The lowest BCUT2D eigenvalue weighted by Gasteiger charge is -2.33. The van der Waals surface area contributed by atoms with Crippen LogP contribution in [-0.4, -0.2) is 55.1 Å². The third kappa shape index (κ3) is 4.80. The highest BCUT2D eigenvalue weighted by Crippen LogP contribution is 2.20. The van der Waals surface area contributed by atoms with Gasteiger partial charge in [-0.05, 0) is 50.5 Å². The molecule has 2 aliphatic heterocycles. The van der Waals surface area contributed by atoms with Gasteiger partial charge < -0.3 is 20.3 Å². The average Bonchev–Trinajstić information content (AvgIpc) is 2.63. The topological polar surface area (TPSA) is 70.7 Å². The van der Waals surface area contributed by atoms with E-state index >= 15 is 0 Å². The Morgan fingerprint density at radius 1 is 1.28 bits per heavy atom. The van der Waals surface area contributed by atoms with Crippen molar-refractivity contribution < 1.29 is 14.3 Å². The number of likely N-dealkylation sites (tertiary alicyclic amines) is 1. The zero-order chi connectivity index (χ0) is 17.6. The minimum atomic E-state index is -0.0493. The SMILES string of the molecule is CC1CCCCN1C(=O)c1ccc(NC(=O)CC2COCCN2)cc1. The molecule has 6 nitrogen and oxygen atoms in total. The zero-order valence-electron chi connectivity index (χ0n) is 14.8. The molecule has 0 aromatic heterocycles. The Balaban J connectivity index is 1.54. The summed E-state index contributed by atoms with van der Waals surface area (Å²) in [6.45, 7) is 4.98. The number of carbonyl (C=O) groups is 2. The van der Waals surface area contributed by atoms with E-state index in [4.69, 9.17) is 4.74 Å². The summed E-state index contributed by atoms with van der Waals surface area (Å²) in [6, 6.07) is 7.54. The summed E-state index contributed by atoms with van der Waals surface area (Å²) in [5.74, 6) is 0.0281. The fourth-order valence-corrected chi connectivity index (χ4v) is 3.45. The first-order valence-electron chi connectivity index (χ1n) is 9.15. The van der Waals surface area contributed by atoms with Crippen LogP contribution in [0.5, 0.6) is 0 Å². The number of morpholine rings is 1. The standard InChI is InChI=1S/C19H27N3O3/c1-14-4-2-3-10-22(14)19(24)15-5-7-16(8-6-15)21-18(23)12-17-13-25-11-9-20-17/h5-8,14,17,20H,2-4,9-13H2,1H3,(H,21,23). The first kappa shape index (κ1) is 17.9. The molecule has 6 heteroatoms. The normalized spacial score (nSPS) is 24.0. The summed E-state index contributed by atoms with van der Waals surface area (Å²) in [5, 5.41) is 6.15. The van der Waals surface area contributed by atoms with Crippen LogP contribution in [0.25, 0.3) is 0 Å². The molecule has 0 aliphatic carbocycles. The second-order valence-electron chi connectivity index (χ2n) is 6.90. The van der Waals surface area contributed by atoms with Crippen molar-refractivity contribution in [1.82, 2.24) is 10.2 Å². The highest BCUT2D eigenvalue weighted by atomic mass is 16.5. The molecule has 2 N–H and O–H groups in total. The van der Waals surface area contributed by atoms with Gasteiger partial charge in [0.1, 0.15) is 0 Å². The van der Waals surface area contributed by atoms with Crippen molar-refractivity contribution in [2.45, 2.75) is 44.7 Å². The van der Waals surface area contributed by atoms with Gasteiger partial charge in [0.15, 0.2) is 0 Å². The van der Waals surface area contributed by atoms with Crippen molar-refractivity contribution in [2.24, 2.45) is 0 Å². The maximum atomic E-state index is 12.6. The van der Waals surface area contributed by atoms with Crippen LogP contribution in [0.4, 0.5) is 5.69 Å². The molecule has 2 fully saturated rings. The largest absolute Gasteiger partial charge is 0.378 e. The van der Waals surface area contributed by atoms with Gasteiger partial charge in [0, 0.05) is 42.8 Å². The number of nitrogens with zero attached hydrogens (tertiary/aromatic N) is 1. The quantitative estimate of drug-likeness (QED) is 0.876. The summed E-state index contributed by atoms with van der Waals surface area (Å²) >= 11 is 0. The number of rotatable bonds is 4. The number of piperidine rings is 1. The van der Waals surface area contributed by atoms with Gasteiger partial charge in [-0.2, -0.15) is 0 Å². The van der Waals surface area contributed by atoms with Gasteiger partial charge in [-0.25, -0.2) is 0 Å². The van der Waals surface area contributed by atoms with Crippen LogP contribution in [0.3, 0.4) is 0 Å². The number of hydrogen-bond acceptors (Lipinski definition) is 4. The molecule has 3 rings (SSSR count). The molecule has 0 bridgehead atoms. The van der Waals surface area contributed by atoms with Crippen LogP contribution in [-0.2, 0) is 9.53 Å². The van der Waals surface area contributed by atoms with Crippen molar-refractivity contribution >= 4 is 17.5 Å². The fraction of sp³-hybridized carbons (Fsp3) is 0.579. The minimum Gasteiger partial charge on any atom is -0.378 e. The van der Waals surface area contributed by atoms with Crippen molar-refractivity contribution in [3.63, 3.8) is 0 Å². The molecule has 2 heterocycles. The van der Waals surface area contributed by atoms with Gasteiger partial charge in [0.05, 0.1) is 13.2 Å². The van der Waals surface area contributed by atoms with Gasteiger partial charge in [-0.3, -0.25) is 9.59 Å². The van der Waals surface area contributed by atoms with Gasteiger partial charge in [-0.1, -0.05) is 0 Å². The first-order valence-corrected chi connectivity index (χ1v) is 9.15. The Bertz CT molecular complexity index is 596. The predicted octanol–water partition coefficient (Wildman–Crippen LogP) is 2.02. The maximum Gasteiger partial charge on any atom is 0.254 e. The summed E-state index contributed by atoms with van der Waals surface area (Å²) in [5.41, 5.74) is 1.39. The lowest BCUT2D eigenvalue weighted by molar-refractivity contribution is -0.117. The van der Waals surface area contributed by atoms with Gasteiger partial charge in [0.2, 0.25) is 5.91 Å². The summed E-state index contributed by atoms with van der Waals surface area (Å²) in [7, 11) is 0. The van der Waals surface area contributed by atoms with E-state index in [-0.39, 0.29) is 17.9 Å². The number of hydrogen-bond donors (Lipinski definition) is 2. The van der Waals surface area contributed by atoms with Crippen molar-refractivity contribution in [2.75, 3.05) is 31.6 Å². The van der Waals surface area contributed by atoms with Crippen molar-refractivity contribution in [1.29, 1.82) is 0 Å². The average molecular weight is 345 g/mol. The summed E-state index contributed by atoms with van der Waals surface area (Å²) in [4.78, 5) is 26.7. The Hall–Kier alpha value is -1.92. The van der Waals surface area contributed by atoms with Crippen LogP contribution < -0.4 is 10.6 Å². The minimum absolute atomic E-state index is 0.0493. The van der Waals surface area contributed by atoms with Crippen LogP contribution in [0.1, 0.15) is 43.0 Å². The maximum absolute atomic E-state index is 12.6. The van der Waals surface area contributed by atoms with E-state index in [2.05, 4.69) is 17.6 Å². The molecule has 1 aromatic carbocycles. The van der Waals surface area contributed by atoms with Gasteiger partial charge in [0.25, 0.3) is 5.91 Å². The molecule has 136 valence electrons. The molecule has 2 amide bonds. The van der Waals surface area contributed by atoms with Crippen molar-refractivity contribution in [3.8, 4) is 0 Å². The Morgan fingerprint density at radius 2 is 2.08 bits per heavy atom. The van der Waals surface area contributed by atoms with E-state index in [0.717, 1.165) is 25.9 Å². The van der Waals surface area contributed by atoms with Crippen molar-refractivity contribution in [3.05, 3.63) is 29.8 Å². The lowest BCUT2D eigenvalue weighted by atomic mass is 10.0. The molecule has 2 atom stereocenters. The van der Waals surface area contributed by atoms with Gasteiger partial charge >= 0.3 is 0 Å². The molecule has 0 radical (unpaired) electrons. The third-order valence-electron chi connectivity index (χ3n) is 4.91. The molecule has 0 spiro atoms.